The molecule has 3 rings (SSSR count). The van der Waals surface area contributed by atoms with E-state index in [4.69, 9.17) is 4.74 Å². The van der Waals surface area contributed by atoms with E-state index in [1.165, 1.54) is 49.9 Å². The van der Waals surface area contributed by atoms with E-state index < -0.39 is 0 Å². The van der Waals surface area contributed by atoms with Crippen molar-refractivity contribution < 1.29 is 4.74 Å². The van der Waals surface area contributed by atoms with Crippen molar-refractivity contribution in [3.63, 3.8) is 0 Å². The van der Waals surface area contributed by atoms with Gasteiger partial charge in [-0.05, 0) is 55.8 Å². The summed E-state index contributed by atoms with van der Waals surface area (Å²) < 4.78 is 5.49. The number of rotatable bonds is 3. The Balaban J connectivity index is 1.66. The lowest BCUT2D eigenvalue weighted by Crippen LogP contribution is -2.28. The Kier molecular flexibility index (Phi) is 3.96. The summed E-state index contributed by atoms with van der Waals surface area (Å²) in [5, 5.41) is 3.44. The quantitative estimate of drug-likeness (QED) is 0.884. The molecule has 0 saturated carbocycles. The molecular weight excluding hydrogens is 222 g/mol. The molecule has 98 valence electrons. The minimum atomic E-state index is 0.637. The maximum atomic E-state index is 5.49. The lowest BCUT2D eigenvalue weighted by atomic mass is 9.89. The van der Waals surface area contributed by atoms with E-state index in [-0.39, 0.29) is 0 Å². The van der Waals surface area contributed by atoms with E-state index in [0.717, 1.165) is 19.1 Å². The summed E-state index contributed by atoms with van der Waals surface area (Å²) in [6, 6.07) is 9.21. The van der Waals surface area contributed by atoms with Crippen molar-refractivity contribution in [3.8, 4) is 0 Å². The van der Waals surface area contributed by atoms with Crippen molar-refractivity contribution in [3.05, 3.63) is 35.4 Å². The van der Waals surface area contributed by atoms with Crippen LogP contribution in [0.2, 0.25) is 0 Å². The first kappa shape index (κ1) is 12.2. The lowest BCUT2D eigenvalue weighted by Gasteiger charge is -2.23. The van der Waals surface area contributed by atoms with Gasteiger partial charge in [0.2, 0.25) is 0 Å². The van der Waals surface area contributed by atoms with Crippen molar-refractivity contribution in [2.24, 2.45) is 5.92 Å². The summed E-state index contributed by atoms with van der Waals surface area (Å²) >= 11 is 0. The van der Waals surface area contributed by atoms with Crippen LogP contribution in [-0.4, -0.2) is 26.3 Å². The van der Waals surface area contributed by atoms with Gasteiger partial charge in [0, 0.05) is 12.5 Å². The van der Waals surface area contributed by atoms with Gasteiger partial charge in [-0.3, -0.25) is 0 Å². The van der Waals surface area contributed by atoms with Crippen molar-refractivity contribution in [1.29, 1.82) is 0 Å². The maximum absolute atomic E-state index is 5.49. The van der Waals surface area contributed by atoms with Gasteiger partial charge in [-0.1, -0.05) is 24.3 Å². The van der Waals surface area contributed by atoms with Crippen LogP contribution < -0.4 is 5.32 Å². The van der Waals surface area contributed by atoms with Crippen LogP contribution in [0.25, 0.3) is 0 Å². The zero-order valence-corrected chi connectivity index (χ0v) is 11.0. The molecule has 2 fully saturated rings. The fourth-order valence-corrected chi connectivity index (χ4v) is 3.19. The largest absolute Gasteiger partial charge is 0.381 e. The Morgan fingerprint density at radius 2 is 2.06 bits per heavy atom. The van der Waals surface area contributed by atoms with Crippen LogP contribution in [0.5, 0.6) is 0 Å². The second kappa shape index (κ2) is 5.85. The molecule has 0 bridgehead atoms. The Hall–Kier alpha value is -0.860. The van der Waals surface area contributed by atoms with Gasteiger partial charge >= 0.3 is 0 Å². The molecule has 2 saturated heterocycles. The molecule has 0 spiro atoms. The summed E-state index contributed by atoms with van der Waals surface area (Å²) in [7, 11) is 0. The zero-order valence-electron chi connectivity index (χ0n) is 11.0. The Morgan fingerprint density at radius 3 is 2.83 bits per heavy atom. The van der Waals surface area contributed by atoms with Crippen molar-refractivity contribution >= 4 is 0 Å². The zero-order chi connectivity index (χ0) is 12.2. The number of hydrogen-bond acceptors (Lipinski definition) is 2. The molecule has 1 atom stereocenters. The highest BCUT2D eigenvalue weighted by Crippen LogP contribution is 2.27. The molecule has 1 aromatic carbocycles. The van der Waals surface area contributed by atoms with Crippen molar-refractivity contribution in [1.82, 2.24) is 5.32 Å². The predicted octanol–water partition coefficient (Wildman–Crippen LogP) is 2.73. The normalized spacial score (nSPS) is 25.4. The fraction of sp³-hybridized carbons (Fsp3) is 0.625. The molecule has 2 aliphatic heterocycles. The Bertz CT molecular complexity index is 378. The summed E-state index contributed by atoms with van der Waals surface area (Å²) in [6.07, 6.45) is 5.10. The lowest BCUT2D eigenvalue weighted by molar-refractivity contribution is 0.194. The molecule has 0 radical (unpaired) electrons. The summed E-state index contributed by atoms with van der Waals surface area (Å²) in [5.74, 6) is 1.51. The third-order valence-electron chi connectivity index (χ3n) is 4.34. The van der Waals surface area contributed by atoms with Crippen LogP contribution in [-0.2, 0) is 11.2 Å². The minimum Gasteiger partial charge on any atom is -0.381 e. The highest BCUT2D eigenvalue weighted by molar-refractivity contribution is 5.27. The van der Waals surface area contributed by atoms with Crippen LogP contribution in [0.4, 0.5) is 0 Å². The van der Waals surface area contributed by atoms with Crippen LogP contribution in [0.1, 0.15) is 36.3 Å². The highest BCUT2D eigenvalue weighted by Gasteiger charge is 2.18. The van der Waals surface area contributed by atoms with Crippen LogP contribution in [0.3, 0.4) is 0 Å². The molecule has 2 heterocycles. The minimum absolute atomic E-state index is 0.637. The molecule has 0 aromatic heterocycles. The fourth-order valence-electron chi connectivity index (χ4n) is 3.19. The number of piperidine rings is 1. The molecule has 1 aromatic rings. The van der Waals surface area contributed by atoms with Crippen LogP contribution in [0, 0.1) is 5.92 Å². The van der Waals surface area contributed by atoms with Gasteiger partial charge in [0.15, 0.2) is 0 Å². The van der Waals surface area contributed by atoms with E-state index in [0.29, 0.717) is 5.92 Å². The molecule has 0 amide bonds. The first-order valence-electron chi connectivity index (χ1n) is 7.29. The highest BCUT2D eigenvalue weighted by atomic mass is 16.5. The third kappa shape index (κ3) is 2.93. The predicted molar refractivity (Wildman–Crippen MR) is 73.9 cm³/mol. The summed E-state index contributed by atoms with van der Waals surface area (Å²) in [4.78, 5) is 0. The Morgan fingerprint density at radius 1 is 1.17 bits per heavy atom. The van der Waals surface area contributed by atoms with E-state index in [1.807, 2.05) is 0 Å². The van der Waals surface area contributed by atoms with Gasteiger partial charge < -0.3 is 10.1 Å². The van der Waals surface area contributed by atoms with Crippen LogP contribution in [0.15, 0.2) is 24.3 Å². The smallest absolute Gasteiger partial charge is 0.0535 e. The average molecular weight is 245 g/mol. The van der Waals surface area contributed by atoms with Gasteiger partial charge in [0.05, 0.1) is 6.61 Å². The molecule has 18 heavy (non-hydrogen) atoms. The van der Waals surface area contributed by atoms with Gasteiger partial charge in [-0.2, -0.15) is 0 Å². The summed E-state index contributed by atoms with van der Waals surface area (Å²) in [5.41, 5.74) is 3.00. The topological polar surface area (TPSA) is 21.3 Å². The number of benzene rings is 1. The average Bonchev–Trinajstić information content (AvgIpc) is 2.94. The number of ether oxygens (including phenoxy) is 1. The van der Waals surface area contributed by atoms with Gasteiger partial charge in [0.1, 0.15) is 0 Å². The van der Waals surface area contributed by atoms with Crippen molar-refractivity contribution in [2.45, 2.75) is 31.6 Å². The molecule has 2 nitrogen and oxygen atoms in total. The molecule has 2 heteroatoms. The van der Waals surface area contributed by atoms with Crippen LogP contribution >= 0.6 is 0 Å². The number of hydrogen-bond donors (Lipinski definition) is 1. The molecule has 0 aliphatic carbocycles. The first-order chi connectivity index (χ1) is 8.92. The molecule has 1 unspecified atom stereocenters. The van der Waals surface area contributed by atoms with E-state index in [9.17, 15) is 0 Å². The number of nitrogens with one attached hydrogen (secondary N) is 1. The monoisotopic (exact) mass is 245 g/mol. The Labute approximate surface area is 110 Å². The third-order valence-corrected chi connectivity index (χ3v) is 4.34. The molecule has 2 aliphatic rings. The van der Waals surface area contributed by atoms with Gasteiger partial charge in [-0.25, -0.2) is 0 Å². The van der Waals surface area contributed by atoms with E-state index >= 15 is 0 Å². The molecule has 1 N–H and O–H groups in total. The first-order valence-corrected chi connectivity index (χ1v) is 7.29. The van der Waals surface area contributed by atoms with E-state index in [2.05, 4.69) is 29.6 Å². The van der Waals surface area contributed by atoms with Crippen molar-refractivity contribution in [2.75, 3.05) is 26.3 Å². The summed E-state index contributed by atoms with van der Waals surface area (Å²) in [6.45, 7) is 4.24. The second-order valence-corrected chi connectivity index (χ2v) is 5.70. The maximum Gasteiger partial charge on any atom is 0.0535 e. The van der Waals surface area contributed by atoms with E-state index in [1.54, 1.807) is 0 Å². The molecular formula is C16H23NO. The SMILES string of the molecule is c1cc(CC2CCNCC2)cc(C2CCOC2)c1. The van der Waals surface area contributed by atoms with Gasteiger partial charge in [-0.15, -0.1) is 0 Å². The standard InChI is InChI=1S/C16H23NO/c1-2-14(10-13-4-7-17-8-5-13)11-15(3-1)16-6-9-18-12-16/h1-3,11,13,16-17H,4-10,12H2. The van der Waals surface area contributed by atoms with Gasteiger partial charge in [0.25, 0.3) is 0 Å². The second-order valence-electron chi connectivity index (χ2n) is 5.70.